The van der Waals surface area contributed by atoms with Crippen LogP contribution in [0, 0.1) is 7.14 Å². The van der Waals surface area contributed by atoms with Gasteiger partial charge in [-0.25, -0.2) is 9.59 Å². The Kier molecular flexibility index (Phi) is 7.05. The maximum atomic E-state index is 13.6. The lowest BCUT2D eigenvalue weighted by molar-refractivity contribution is -0.341. The molecule has 0 aliphatic carbocycles. The van der Waals surface area contributed by atoms with Crippen LogP contribution in [0.1, 0.15) is 24.2 Å². The van der Waals surface area contributed by atoms with E-state index in [1.54, 1.807) is 22.6 Å². The molecule has 1 rings (SSSR count). The molecule has 1 aromatic carbocycles. The van der Waals surface area contributed by atoms with E-state index in [2.05, 4.69) is 9.47 Å². The van der Waals surface area contributed by atoms with Gasteiger partial charge in [-0.2, -0.15) is 22.0 Å². The highest BCUT2D eigenvalue weighted by atomic mass is 127. The number of aliphatic carboxylic acids is 1. The van der Waals surface area contributed by atoms with Gasteiger partial charge < -0.3 is 19.4 Å². The SMILES string of the molecule is CC(C)(OC(=O)c1cc(I)cc(I)c1OC(=O)C(F)(F)F)C(F)(F)C(=O)[O-]. The third-order valence-electron chi connectivity index (χ3n) is 3.01. The fraction of sp³-hybridized carbons (Fsp3) is 0.357. The van der Waals surface area contributed by atoms with Crippen molar-refractivity contribution in [1.82, 2.24) is 0 Å². The van der Waals surface area contributed by atoms with Crippen LogP contribution in [0.4, 0.5) is 22.0 Å². The number of carboxylic acid groups (broad SMARTS) is 1. The quantitative estimate of drug-likeness (QED) is 0.218. The van der Waals surface area contributed by atoms with Crippen molar-refractivity contribution in [3.63, 3.8) is 0 Å². The van der Waals surface area contributed by atoms with Gasteiger partial charge in [-0.15, -0.1) is 0 Å². The first-order valence-corrected chi connectivity index (χ1v) is 8.77. The lowest BCUT2D eigenvalue weighted by atomic mass is 10.0. The molecular weight excluding hydrogens is 613 g/mol. The Morgan fingerprint density at radius 1 is 1.04 bits per heavy atom. The molecule has 0 radical (unpaired) electrons. The van der Waals surface area contributed by atoms with Crippen molar-refractivity contribution in [2.45, 2.75) is 31.5 Å². The van der Waals surface area contributed by atoms with Crippen LogP contribution in [-0.4, -0.2) is 35.6 Å². The van der Waals surface area contributed by atoms with Gasteiger partial charge >= 0.3 is 24.0 Å². The molecule has 0 saturated heterocycles. The first kappa shape index (κ1) is 23.8. The zero-order chi connectivity index (χ0) is 21.4. The van der Waals surface area contributed by atoms with Gasteiger partial charge in [0, 0.05) is 3.57 Å². The van der Waals surface area contributed by atoms with E-state index in [1.165, 1.54) is 28.7 Å². The number of esters is 2. The summed E-state index contributed by atoms with van der Waals surface area (Å²) in [6, 6.07) is 2.18. The summed E-state index contributed by atoms with van der Waals surface area (Å²) in [6.07, 6.45) is -5.38. The van der Waals surface area contributed by atoms with E-state index < -0.39 is 46.9 Å². The zero-order valence-electron chi connectivity index (χ0n) is 13.2. The van der Waals surface area contributed by atoms with Gasteiger partial charge in [0.25, 0.3) is 0 Å². The number of carboxylic acids is 1. The van der Waals surface area contributed by atoms with Crippen LogP contribution in [0.15, 0.2) is 12.1 Å². The minimum Gasteiger partial charge on any atom is -0.544 e. The number of hydrogen-bond acceptors (Lipinski definition) is 6. The molecule has 0 saturated carbocycles. The van der Waals surface area contributed by atoms with Crippen molar-refractivity contribution in [2.75, 3.05) is 0 Å². The highest BCUT2D eigenvalue weighted by molar-refractivity contribution is 14.1. The van der Waals surface area contributed by atoms with Gasteiger partial charge in [0.1, 0.15) is 11.5 Å². The number of carbonyl (C=O) groups excluding carboxylic acids is 3. The number of benzene rings is 1. The van der Waals surface area contributed by atoms with E-state index in [0.717, 1.165) is 6.07 Å². The van der Waals surface area contributed by atoms with Crippen molar-refractivity contribution < 1.29 is 50.9 Å². The smallest absolute Gasteiger partial charge is 0.491 e. The molecule has 0 fully saturated rings. The number of carbonyl (C=O) groups is 3. The second kappa shape index (κ2) is 8.00. The molecule has 0 bridgehead atoms. The summed E-state index contributed by atoms with van der Waals surface area (Å²) >= 11 is 3.13. The summed E-state index contributed by atoms with van der Waals surface area (Å²) in [5.41, 5.74) is -3.69. The first-order valence-electron chi connectivity index (χ1n) is 6.61. The van der Waals surface area contributed by atoms with Gasteiger partial charge in [-0.05, 0) is 71.2 Å². The van der Waals surface area contributed by atoms with Crippen LogP contribution >= 0.6 is 45.2 Å². The molecule has 13 heteroatoms. The summed E-state index contributed by atoms with van der Waals surface area (Å²) in [7, 11) is 0. The van der Waals surface area contributed by atoms with Crippen LogP contribution in [0.5, 0.6) is 5.75 Å². The number of ether oxygens (including phenoxy) is 2. The van der Waals surface area contributed by atoms with Crippen LogP contribution in [-0.2, 0) is 14.3 Å². The summed E-state index contributed by atoms with van der Waals surface area (Å²) in [6.45, 7) is 1.14. The van der Waals surface area contributed by atoms with Crippen molar-refractivity contribution in [3.8, 4) is 5.75 Å². The molecule has 0 N–H and O–H groups in total. The Labute approximate surface area is 175 Å². The highest BCUT2D eigenvalue weighted by Crippen LogP contribution is 2.35. The molecule has 150 valence electrons. The number of hydrogen-bond donors (Lipinski definition) is 0. The molecular formula is C14H8F5I2O6-. The average molecular weight is 621 g/mol. The molecule has 0 spiro atoms. The van der Waals surface area contributed by atoms with E-state index in [1.807, 2.05) is 0 Å². The second-order valence-corrected chi connectivity index (χ2v) is 7.82. The minimum atomic E-state index is -5.38. The average Bonchev–Trinajstić information content (AvgIpc) is 2.47. The summed E-state index contributed by atoms with van der Waals surface area (Å²) in [5, 5.41) is 10.6. The number of rotatable bonds is 5. The minimum absolute atomic E-state index is 0.117. The van der Waals surface area contributed by atoms with E-state index in [-0.39, 0.29) is 7.14 Å². The third kappa shape index (κ3) is 5.39. The number of alkyl halides is 5. The fourth-order valence-corrected chi connectivity index (χ4v) is 3.52. The molecule has 27 heavy (non-hydrogen) atoms. The van der Waals surface area contributed by atoms with Crippen LogP contribution < -0.4 is 9.84 Å². The lowest BCUT2D eigenvalue weighted by Crippen LogP contribution is -2.57. The Morgan fingerprint density at radius 3 is 2.00 bits per heavy atom. The van der Waals surface area contributed by atoms with Crippen molar-refractivity contribution in [3.05, 3.63) is 24.8 Å². The summed E-state index contributed by atoms with van der Waals surface area (Å²) < 4.78 is 73.4. The van der Waals surface area contributed by atoms with Crippen molar-refractivity contribution >= 4 is 63.1 Å². The second-order valence-electron chi connectivity index (χ2n) is 5.41. The molecule has 0 aliphatic rings. The maximum Gasteiger partial charge on any atom is 0.491 e. The molecule has 0 heterocycles. The van der Waals surface area contributed by atoms with Gasteiger partial charge in [0.2, 0.25) is 0 Å². The Hall–Kier alpha value is -1.26. The van der Waals surface area contributed by atoms with Crippen LogP contribution in [0.2, 0.25) is 0 Å². The van der Waals surface area contributed by atoms with E-state index in [9.17, 15) is 41.4 Å². The van der Waals surface area contributed by atoms with Gasteiger partial charge in [0.05, 0.1) is 3.57 Å². The van der Waals surface area contributed by atoms with Crippen LogP contribution in [0.25, 0.3) is 0 Å². The maximum absolute atomic E-state index is 13.6. The fourth-order valence-electron chi connectivity index (χ4n) is 1.56. The largest absolute Gasteiger partial charge is 0.544 e. The van der Waals surface area contributed by atoms with Crippen LogP contribution in [0.3, 0.4) is 0 Å². The standard InChI is InChI=1S/C14H9F5I2O6/c1-12(2,13(15,16)10(23)24)27-9(22)6-3-5(20)4-7(21)8(6)26-11(25)14(17,18)19/h3-4H,1-2H3,(H,23,24)/p-1. The lowest BCUT2D eigenvalue weighted by Gasteiger charge is -2.34. The van der Waals surface area contributed by atoms with E-state index in [4.69, 9.17) is 0 Å². The van der Waals surface area contributed by atoms with E-state index in [0.29, 0.717) is 13.8 Å². The zero-order valence-corrected chi connectivity index (χ0v) is 17.6. The van der Waals surface area contributed by atoms with Gasteiger partial charge in [-0.3, -0.25) is 0 Å². The Balaban J connectivity index is 3.35. The van der Waals surface area contributed by atoms with Crippen molar-refractivity contribution in [2.24, 2.45) is 0 Å². The highest BCUT2D eigenvalue weighted by Gasteiger charge is 2.52. The summed E-state index contributed by atoms with van der Waals surface area (Å²) in [5.74, 6) is -12.6. The third-order valence-corrected chi connectivity index (χ3v) is 4.44. The Bertz CT molecular complexity index is 791. The normalized spacial score (nSPS) is 12.5. The van der Waals surface area contributed by atoms with Crippen molar-refractivity contribution in [1.29, 1.82) is 0 Å². The molecule has 0 aromatic heterocycles. The molecule has 1 aromatic rings. The molecule has 0 amide bonds. The predicted octanol–water partition coefficient (Wildman–Crippen LogP) is 2.68. The predicted molar refractivity (Wildman–Crippen MR) is 93.0 cm³/mol. The molecule has 0 atom stereocenters. The number of halogens is 7. The monoisotopic (exact) mass is 621 g/mol. The Morgan fingerprint density at radius 2 is 1.56 bits per heavy atom. The topological polar surface area (TPSA) is 92.7 Å². The molecule has 0 aliphatic heterocycles. The molecule has 6 nitrogen and oxygen atoms in total. The summed E-state index contributed by atoms with van der Waals surface area (Å²) in [4.78, 5) is 33.9. The van der Waals surface area contributed by atoms with Gasteiger partial charge in [-0.1, -0.05) is 0 Å². The molecule has 0 unspecified atom stereocenters. The first-order chi connectivity index (χ1) is 12.0. The van der Waals surface area contributed by atoms with Gasteiger partial charge in [0.15, 0.2) is 11.4 Å². The van der Waals surface area contributed by atoms with E-state index >= 15 is 0 Å².